The average Bonchev–Trinajstić information content (AvgIpc) is 2.83. The van der Waals surface area contributed by atoms with Gasteiger partial charge < -0.3 is 14.8 Å². The van der Waals surface area contributed by atoms with E-state index in [-0.39, 0.29) is 30.4 Å². The van der Waals surface area contributed by atoms with Gasteiger partial charge in [-0.25, -0.2) is 4.79 Å². The van der Waals surface area contributed by atoms with E-state index >= 15 is 0 Å². The molecule has 0 fully saturated rings. The van der Waals surface area contributed by atoms with Crippen molar-refractivity contribution in [2.24, 2.45) is 0 Å². The zero-order chi connectivity index (χ0) is 25.1. The van der Waals surface area contributed by atoms with Crippen LogP contribution in [0.5, 0.6) is 5.75 Å². The molecule has 0 saturated carbocycles. The number of nitro benzene ring substituents is 1. The summed E-state index contributed by atoms with van der Waals surface area (Å²) >= 11 is 0. The third kappa shape index (κ3) is 4.96. The summed E-state index contributed by atoms with van der Waals surface area (Å²) in [5.41, 5.74) is 4.38. The van der Waals surface area contributed by atoms with Crippen LogP contribution in [0.25, 0.3) is 0 Å². The zero-order valence-electron chi connectivity index (χ0n) is 20.1. The predicted octanol–water partition coefficient (Wildman–Crippen LogP) is 5.01. The highest BCUT2D eigenvalue weighted by atomic mass is 16.6. The first-order valence-corrected chi connectivity index (χ1v) is 11.7. The molecule has 1 heterocycles. The molecule has 1 aliphatic heterocycles. The van der Waals surface area contributed by atoms with Crippen LogP contribution in [-0.4, -0.2) is 23.3 Å². The number of dihydropyridines is 1. The van der Waals surface area contributed by atoms with Crippen LogP contribution in [0.1, 0.15) is 55.7 Å². The fourth-order valence-corrected chi connectivity index (χ4v) is 4.62. The van der Waals surface area contributed by atoms with Gasteiger partial charge in [0, 0.05) is 35.4 Å². The Bertz CT molecular complexity index is 1240. The Labute approximate surface area is 203 Å². The van der Waals surface area contributed by atoms with Gasteiger partial charge in [0.05, 0.1) is 17.1 Å². The number of allylic oxidation sites excluding steroid dienone is 3. The lowest BCUT2D eigenvalue weighted by Crippen LogP contribution is -2.34. The number of esters is 1. The lowest BCUT2D eigenvalue weighted by Gasteiger charge is -2.34. The predicted molar refractivity (Wildman–Crippen MR) is 130 cm³/mol. The quantitative estimate of drug-likeness (QED) is 0.340. The molecule has 0 aromatic heterocycles. The molecule has 2 aromatic rings. The van der Waals surface area contributed by atoms with Gasteiger partial charge >= 0.3 is 11.7 Å². The minimum absolute atomic E-state index is 0.0691. The van der Waals surface area contributed by atoms with Crippen LogP contribution in [0.15, 0.2) is 65.0 Å². The summed E-state index contributed by atoms with van der Waals surface area (Å²) in [4.78, 5) is 37.4. The Kier molecular flexibility index (Phi) is 7.00. The topological polar surface area (TPSA) is 108 Å². The fraction of sp³-hybridized carbons (Fsp3) is 0.333. The van der Waals surface area contributed by atoms with Crippen LogP contribution < -0.4 is 10.1 Å². The average molecular weight is 477 g/mol. The molecular formula is C27H28N2O6. The van der Waals surface area contributed by atoms with E-state index in [0.717, 1.165) is 16.8 Å². The summed E-state index contributed by atoms with van der Waals surface area (Å²) in [6.45, 7) is 5.80. The van der Waals surface area contributed by atoms with Gasteiger partial charge in [-0.2, -0.15) is 0 Å². The number of carbonyl (C=O) groups excluding carboxylic acids is 2. The molecule has 8 nitrogen and oxygen atoms in total. The zero-order valence-corrected chi connectivity index (χ0v) is 20.1. The van der Waals surface area contributed by atoms with Crippen molar-refractivity contribution >= 4 is 17.4 Å². The number of nitrogens with zero attached hydrogens (tertiary/aromatic N) is 1. The number of ketones is 1. The van der Waals surface area contributed by atoms with Gasteiger partial charge in [0.25, 0.3) is 0 Å². The molecule has 2 aliphatic rings. The van der Waals surface area contributed by atoms with Gasteiger partial charge in [-0.3, -0.25) is 14.9 Å². The molecule has 0 unspecified atom stereocenters. The molecule has 1 atom stereocenters. The molecule has 0 bridgehead atoms. The van der Waals surface area contributed by atoms with Crippen LogP contribution >= 0.6 is 0 Å². The Hall–Kier alpha value is -3.94. The number of Topliss-reactive ketones (excluding diaryl/α,β-unsaturated/α-hetero) is 1. The third-order valence-corrected chi connectivity index (χ3v) is 6.30. The summed E-state index contributed by atoms with van der Waals surface area (Å²) < 4.78 is 11.1. The summed E-state index contributed by atoms with van der Waals surface area (Å²) in [6.07, 6.45) is 1.75. The SMILES string of the molecule is CCOC(=O)C1=C(C)NC2=C(C(=O)CCC2)[C@@H]1c1ccc(OCc2ccc(C)cc2)c([N+](=O)[O-])c1. The minimum atomic E-state index is -0.747. The molecule has 0 saturated heterocycles. The highest BCUT2D eigenvalue weighted by Gasteiger charge is 2.39. The Morgan fingerprint density at radius 3 is 2.57 bits per heavy atom. The van der Waals surface area contributed by atoms with E-state index in [0.29, 0.717) is 41.7 Å². The van der Waals surface area contributed by atoms with Crippen molar-refractivity contribution in [1.29, 1.82) is 0 Å². The largest absolute Gasteiger partial charge is 0.482 e. The number of carbonyl (C=O) groups is 2. The number of aryl methyl sites for hydroxylation is 1. The van der Waals surface area contributed by atoms with Crippen molar-refractivity contribution in [3.8, 4) is 5.75 Å². The number of benzene rings is 2. The highest BCUT2D eigenvalue weighted by Crippen LogP contribution is 2.44. The number of ether oxygens (including phenoxy) is 2. The van der Waals surface area contributed by atoms with Crippen LogP contribution in [-0.2, 0) is 20.9 Å². The lowest BCUT2D eigenvalue weighted by molar-refractivity contribution is -0.386. The van der Waals surface area contributed by atoms with Crippen molar-refractivity contribution in [2.75, 3.05) is 6.61 Å². The second-order valence-electron chi connectivity index (χ2n) is 8.74. The number of nitrogens with one attached hydrogen (secondary N) is 1. The molecule has 35 heavy (non-hydrogen) atoms. The molecule has 4 rings (SSSR count). The molecule has 0 spiro atoms. The van der Waals surface area contributed by atoms with Crippen LogP contribution in [0.2, 0.25) is 0 Å². The molecule has 8 heteroatoms. The smallest absolute Gasteiger partial charge is 0.336 e. The van der Waals surface area contributed by atoms with Crippen molar-refractivity contribution < 1.29 is 24.0 Å². The van der Waals surface area contributed by atoms with Gasteiger partial charge in [-0.15, -0.1) is 0 Å². The highest BCUT2D eigenvalue weighted by molar-refractivity contribution is 6.03. The van der Waals surface area contributed by atoms with E-state index in [9.17, 15) is 19.7 Å². The summed E-state index contributed by atoms with van der Waals surface area (Å²) in [5, 5.41) is 15.2. The monoisotopic (exact) mass is 476 g/mol. The van der Waals surface area contributed by atoms with Gasteiger partial charge in [0.1, 0.15) is 6.61 Å². The number of hydrogen-bond acceptors (Lipinski definition) is 7. The molecule has 2 aromatic carbocycles. The maximum atomic E-state index is 13.0. The first-order valence-electron chi connectivity index (χ1n) is 11.7. The maximum absolute atomic E-state index is 13.0. The second kappa shape index (κ2) is 10.1. The minimum Gasteiger partial charge on any atom is -0.482 e. The Morgan fingerprint density at radius 1 is 1.14 bits per heavy atom. The van der Waals surface area contributed by atoms with Gasteiger partial charge in [-0.1, -0.05) is 35.9 Å². The first kappa shape index (κ1) is 24.2. The van der Waals surface area contributed by atoms with E-state index in [2.05, 4.69) is 5.32 Å². The van der Waals surface area contributed by atoms with Crippen LogP contribution in [0, 0.1) is 17.0 Å². The number of hydrogen-bond donors (Lipinski definition) is 1. The standard InChI is InChI=1S/C27H28N2O6/c1-4-34-27(31)24-17(3)28-20-6-5-7-22(30)26(20)25(24)19-12-13-23(21(14-19)29(32)33)35-15-18-10-8-16(2)9-11-18/h8-14,25,28H,4-7,15H2,1-3H3/t25-/m1/s1. The lowest BCUT2D eigenvalue weighted by atomic mass is 9.75. The van der Waals surface area contributed by atoms with Gasteiger partial charge in [0.2, 0.25) is 0 Å². The second-order valence-corrected chi connectivity index (χ2v) is 8.74. The first-order chi connectivity index (χ1) is 16.8. The van der Waals surface area contributed by atoms with E-state index in [1.54, 1.807) is 19.9 Å². The Morgan fingerprint density at radius 2 is 1.89 bits per heavy atom. The summed E-state index contributed by atoms with van der Waals surface area (Å²) in [6, 6.07) is 12.3. The Balaban J connectivity index is 1.75. The van der Waals surface area contributed by atoms with Crippen molar-refractivity contribution in [1.82, 2.24) is 5.32 Å². The van der Waals surface area contributed by atoms with Crippen molar-refractivity contribution in [3.05, 3.63) is 91.8 Å². The summed E-state index contributed by atoms with van der Waals surface area (Å²) in [7, 11) is 0. The van der Waals surface area contributed by atoms with Crippen molar-refractivity contribution in [3.63, 3.8) is 0 Å². The third-order valence-electron chi connectivity index (χ3n) is 6.30. The number of rotatable bonds is 7. The van der Waals surface area contributed by atoms with Crippen LogP contribution in [0.4, 0.5) is 5.69 Å². The van der Waals surface area contributed by atoms with Gasteiger partial charge in [0.15, 0.2) is 11.5 Å². The van der Waals surface area contributed by atoms with E-state index in [1.165, 1.54) is 12.1 Å². The van der Waals surface area contributed by atoms with E-state index < -0.39 is 16.8 Å². The molecule has 0 amide bonds. The number of nitro groups is 1. The molecule has 1 N–H and O–H groups in total. The van der Waals surface area contributed by atoms with Gasteiger partial charge in [-0.05, 0) is 50.8 Å². The van der Waals surface area contributed by atoms with Crippen molar-refractivity contribution in [2.45, 2.75) is 52.6 Å². The maximum Gasteiger partial charge on any atom is 0.336 e. The molecular weight excluding hydrogens is 448 g/mol. The molecule has 1 aliphatic carbocycles. The molecule has 182 valence electrons. The summed E-state index contributed by atoms with van der Waals surface area (Å²) in [5.74, 6) is -1.24. The van der Waals surface area contributed by atoms with Crippen LogP contribution in [0.3, 0.4) is 0 Å². The fourth-order valence-electron chi connectivity index (χ4n) is 4.62. The van der Waals surface area contributed by atoms with E-state index in [4.69, 9.17) is 9.47 Å². The van der Waals surface area contributed by atoms with E-state index in [1.807, 2.05) is 31.2 Å². The normalized spacial score (nSPS) is 17.6. The molecule has 0 radical (unpaired) electrons.